The van der Waals surface area contributed by atoms with Gasteiger partial charge in [0, 0.05) is 51.1 Å². The number of likely N-dealkylation sites (tertiary alicyclic amines) is 1. The van der Waals surface area contributed by atoms with Crippen LogP contribution in [0.15, 0.2) is 128 Å². The minimum absolute atomic E-state index is 0.0312. The average Bonchev–Trinajstić information content (AvgIpc) is 4.32. The van der Waals surface area contributed by atoms with Crippen molar-refractivity contribution in [1.82, 2.24) is 20.0 Å². The van der Waals surface area contributed by atoms with Crippen molar-refractivity contribution in [3.8, 4) is 0 Å². The number of benzene rings is 4. The van der Waals surface area contributed by atoms with Gasteiger partial charge in [0.25, 0.3) is 5.91 Å². The number of thioether (sulfide) groups is 2. The molecule has 6 aliphatic rings. The van der Waals surface area contributed by atoms with Crippen LogP contribution < -0.4 is 5.32 Å². The fourth-order valence-electron chi connectivity index (χ4n) is 10.6. The number of ether oxygens (including phenoxy) is 2. The Labute approximate surface area is 467 Å². The monoisotopic (exact) mass is 1130 g/mol. The third-order valence-electron chi connectivity index (χ3n) is 14.3. The minimum Gasteiger partial charge on any atom is -0.477 e. The van der Waals surface area contributed by atoms with Gasteiger partial charge in [0.05, 0.1) is 38.1 Å². The molecule has 4 unspecified atom stereocenters. The molecule has 6 heterocycles. The number of nitrogens with zero attached hydrogens (tertiary/aromatic N) is 5. The molecular weight excluding hydrogens is 1070 g/mol. The predicted octanol–water partition coefficient (Wildman–Crippen LogP) is 12.3. The number of aliphatic carboxylic acids is 1. The summed E-state index contributed by atoms with van der Waals surface area (Å²) < 4.78 is 9.47. The standard InChI is InChI=1S/C28H29Cl2N3O3S.C22H20Cl2N2O2S.C6H11NO2/c1-16(2)22-23(25(34)32-14-13-18(15-32)26(35)36-4)37-27-31-28(3,19-7-11-21(30)12-8-19)24(33(22)27)17-5-9-20(29)10-6-17;1-12(2)17-18(20(27)28)29-21-25-22(3,14-6-10-16(24)11-7-14)19(26(17)21)13-4-8-15(23)9-5-13;1-9-6(8)5-2-3-7-4-5/h5-12,16,18,24H,13-15H2,1-4H3;4-12,19H,1-3H3,(H,27,28);5,7H,2-4H2,1H3/t18-,24?,28?;;5-/m0.0/s1. The third-order valence-corrected chi connectivity index (χ3v) is 17.5. The number of allylic oxidation sites excluding steroid dienone is 2. The summed E-state index contributed by atoms with van der Waals surface area (Å²) in [7, 11) is 2.82. The summed E-state index contributed by atoms with van der Waals surface area (Å²) >= 11 is 27.3. The van der Waals surface area contributed by atoms with Gasteiger partial charge in [-0.15, -0.1) is 0 Å². The summed E-state index contributed by atoms with van der Waals surface area (Å²) in [4.78, 5) is 65.9. The molecule has 2 fully saturated rings. The Morgan fingerprint density at radius 1 is 0.627 bits per heavy atom. The Morgan fingerprint density at radius 2 is 1.03 bits per heavy atom. The van der Waals surface area contributed by atoms with Crippen LogP contribution in [0.2, 0.25) is 20.1 Å². The van der Waals surface area contributed by atoms with Gasteiger partial charge in [-0.2, -0.15) is 0 Å². The van der Waals surface area contributed by atoms with E-state index in [4.69, 9.17) is 61.1 Å². The van der Waals surface area contributed by atoms with Crippen LogP contribution in [0.4, 0.5) is 0 Å². The van der Waals surface area contributed by atoms with Gasteiger partial charge in [-0.3, -0.25) is 14.4 Å². The highest BCUT2D eigenvalue weighted by molar-refractivity contribution is 8.18. The molecule has 75 heavy (non-hydrogen) atoms. The van der Waals surface area contributed by atoms with E-state index >= 15 is 0 Å². The lowest BCUT2D eigenvalue weighted by Crippen LogP contribution is -2.36. The number of hydrogen-bond donors (Lipinski definition) is 2. The summed E-state index contributed by atoms with van der Waals surface area (Å²) in [6.45, 7) is 15.1. The van der Waals surface area contributed by atoms with E-state index in [0.29, 0.717) is 54.6 Å². The van der Waals surface area contributed by atoms with Gasteiger partial charge in [-0.1, -0.05) is 123 Å². The molecule has 6 atom stereocenters. The summed E-state index contributed by atoms with van der Waals surface area (Å²) in [6, 6.07) is 30.7. The molecule has 6 aliphatic heterocycles. The maximum absolute atomic E-state index is 13.8. The van der Waals surface area contributed by atoms with Gasteiger partial charge in [0.15, 0.2) is 10.3 Å². The number of carboxylic acid groups (broad SMARTS) is 1. The van der Waals surface area contributed by atoms with E-state index in [0.717, 1.165) is 58.3 Å². The molecule has 2 saturated heterocycles. The molecule has 0 spiro atoms. The smallest absolute Gasteiger partial charge is 0.344 e. The number of esters is 2. The highest BCUT2D eigenvalue weighted by Gasteiger charge is 2.55. The van der Waals surface area contributed by atoms with E-state index in [1.54, 1.807) is 4.90 Å². The SMILES string of the molecule is CC(C)C1=C(C(=O)O)SC2=NC(C)(c3ccc(Cl)cc3)C(c3ccc(Cl)cc3)N21.COC(=O)[C@H]1CCN(C(=O)C2=C(C(C)C)N3C(=NC(C)(c4ccc(Cl)cc4)C3c3ccc(Cl)cc3)S2)C1.COC(=O)[C@H]1CCNC1. The Hall–Kier alpha value is -5.00. The van der Waals surface area contributed by atoms with Crippen LogP contribution in [0.3, 0.4) is 0 Å². The molecular formula is C56H60Cl4N6O7S2. The van der Waals surface area contributed by atoms with Crippen LogP contribution in [-0.2, 0) is 39.7 Å². The Balaban J connectivity index is 0.000000174. The zero-order valence-corrected chi connectivity index (χ0v) is 47.6. The van der Waals surface area contributed by atoms with E-state index in [1.165, 1.54) is 37.7 Å². The molecule has 2 N–H and O–H groups in total. The number of nitrogens with one attached hydrogen (secondary N) is 1. The number of amidine groups is 2. The van der Waals surface area contributed by atoms with Crippen molar-refractivity contribution >= 4 is 104 Å². The largest absolute Gasteiger partial charge is 0.477 e. The number of rotatable bonds is 10. The zero-order valence-electron chi connectivity index (χ0n) is 42.9. The van der Waals surface area contributed by atoms with E-state index in [-0.39, 0.29) is 53.6 Å². The van der Waals surface area contributed by atoms with Crippen molar-refractivity contribution in [3.05, 3.63) is 161 Å². The van der Waals surface area contributed by atoms with Crippen molar-refractivity contribution in [2.45, 2.75) is 77.5 Å². The van der Waals surface area contributed by atoms with E-state index in [9.17, 15) is 24.3 Å². The molecule has 0 aliphatic carbocycles. The average molecular weight is 1140 g/mol. The molecule has 0 aromatic heterocycles. The summed E-state index contributed by atoms with van der Waals surface area (Å²) in [5.74, 6) is -1.40. The van der Waals surface area contributed by atoms with Crippen molar-refractivity contribution in [1.29, 1.82) is 0 Å². The second kappa shape index (κ2) is 23.3. The van der Waals surface area contributed by atoms with Crippen LogP contribution in [0.5, 0.6) is 0 Å². The number of aliphatic imine (C=N–C) groups is 2. The van der Waals surface area contributed by atoms with E-state index < -0.39 is 17.0 Å². The maximum atomic E-state index is 13.8. The lowest BCUT2D eigenvalue weighted by atomic mass is 9.81. The van der Waals surface area contributed by atoms with Crippen LogP contribution in [0.25, 0.3) is 0 Å². The fourth-order valence-corrected chi connectivity index (χ4v) is 13.7. The van der Waals surface area contributed by atoms with E-state index in [2.05, 4.69) is 47.5 Å². The quantitative estimate of drug-likeness (QED) is 0.145. The highest BCUT2D eigenvalue weighted by atomic mass is 35.5. The molecule has 13 nitrogen and oxygen atoms in total. The Kier molecular flexibility index (Phi) is 17.5. The number of halogens is 4. The number of fused-ring (bicyclic) bond motifs is 2. The van der Waals surface area contributed by atoms with Crippen molar-refractivity contribution in [2.75, 3.05) is 40.4 Å². The van der Waals surface area contributed by atoms with Gasteiger partial charge in [0.1, 0.15) is 20.9 Å². The summed E-state index contributed by atoms with van der Waals surface area (Å²) in [5.41, 5.74) is 4.66. The van der Waals surface area contributed by atoms with Gasteiger partial charge in [0.2, 0.25) is 0 Å². The predicted molar refractivity (Wildman–Crippen MR) is 301 cm³/mol. The first-order chi connectivity index (χ1) is 35.7. The van der Waals surface area contributed by atoms with E-state index in [1.807, 2.05) is 111 Å². The lowest BCUT2D eigenvalue weighted by Gasteiger charge is -2.37. The number of carbonyl (C=O) groups is 4. The van der Waals surface area contributed by atoms with Crippen molar-refractivity contribution in [3.63, 3.8) is 0 Å². The van der Waals surface area contributed by atoms with Crippen molar-refractivity contribution in [2.24, 2.45) is 33.7 Å². The molecule has 0 bridgehead atoms. The normalized spacial score (nSPS) is 24.6. The van der Waals surface area contributed by atoms with Crippen LogP contribution in [0.1, 0.15) is 88.7 Å². The number of hydrogen-bond acceptors (Lipinski definition) is 13. The molecule has 4 aromatic carbocycles. The maximum Gasteiger partial charge on any atom is 0.344 e. The second-order valence-corrected chi connectivity index (χ2v) is 23.7. The molecule has 4 aromatic rings. The topological polar surface area (TPSA) is 153 Å². The first-order valence-electron chi connectivity index (χ1n) is 24.7. The van der Waals surface area contributed by atoms with Crippen LogP contribution >= 0.6 is 69.9 Å². The molecule has 1 amide bonds. The Bertz CT molecular complexity index is 2950. The van der Waals surface area contributed by atoms with Crippen LogP contribution in [0, 0.1) is 23.7 Å². The molecule has 10 rings (SSSR count). The van der Waals surface area contributed by atoms with Crippen LogP contribution in [-0.4, -0.2) is 94.4 Å². The summed E-state index contributed by atoms with van der Waals surface area (Å²) in [5, 5.41) is 17.0. The lowest BCUT2D eigenvalue weighted by molar-refractivity contribution is -0.145. The fraction of sp³-hybridized carbons (Fsp3) is 0.393. The Morgan fingerprint density at radius 3 is 1.41 bits per heavy atom. The molecule has 396 valence electrons. The molecule has 19 heteroatoms. The first kappa shape index (κ1) is 56.2. The summed E-state index contributed by atoms with van der Waals surface area (Å²) in [6.07, 6.45) is 1.53. The number of amides is 1. The van der Waals surface area contributed by atoms with Crippen molar-refractivity contribution < 1.29 is 33.8 Å². The highest BCUT2D eigenvalue weighted by Crippen LogP contribution is 2.58. The zero-order chi connectivity index (χ0) is 54.1. The molecule has 0 saturated carbocycles. The van der Waals surface area contributed by atoms with Gasteiger partial charge >= 0.3 is 17.9 Å². The van der Waals surface area contributed by atoms with Gasteiger partial charge in [-0.05, 0) is 139 Å². The molecule has 0 radical (unpaired) electrons. The first-order valence-corrected chi connectivity index (χ1v) is 27.9. The second-order valence-electron chi connectivity index (χ2n) is 20.0. The number of carboxylic acids is 1. The number of carbonyl (C=O) groups excluding carboxylic acids is 3. The number of methoxy groups -OCH3 is 2. The minimum atomic E-state index is -0.918. The third kappa shape index (κ3) is 11.4. The van der Waals surface area contributed by atoms with Gasteiger partial charge < -0.3 is 34.6 Å². The van der Waals surface area contributed by atoms with Gasteiger partial charge in [-0.25, -0.2) is 14.8 Å².